The third-order valence-corrected chi connectivity index (χ3v) is 3.71. The van der Waals surface area contributed by atoms with Crippen LogP contribution in [-0.4, -0.2) is 38.1 Å². The van der Waals surface area contributed by atoms with Crippen LogP contribution >= 0.6 is 12.4 Å². The predicted octanol–water partition coefficient (Wildman–Crippen LogP) is 1.74. The van der Waals surface area contributed by atoms with Crippen molar-refractivity contribution < 1.29 is 9.59 Å². The molecule has 0 atom stereocenters. The highest BCUT2D eigenvalue weighted by atomic mass is 35.5. The molecule has 0 radical (unpaired) electrons. The van der Waals surface area contributed by atoms with Gasteiger partial charge in [-0.1, -0.05) is 18.2 Å². The van der Waals surface area contributed by atoms with Gasteiger partial charge in [0.1, 0.15) is 0 Å². The van der Waals surface area contributed by atoms with Crippen LogP contribution in [0.5, 0.6) is 0 Å². The molecule has 1 saturated heterocycles. The van der Waals surface area contributed by atoms with E-state index in [4.69, 9.17) is 0 Å². The van der Waals surface area contributed by atoms with E-state index in [1.807, 2.05) is 30.3 Å². The molecule has 1 fully saturated rings. The lowest BCUT2D eigenvalue weighted by Gasteiger charge is -2.22. The van der Waals surface area contributed by atoms with Crippen molar-refractivity contribution in [2.75, 3.05) is 31.5 Å². The molecule has 0 saturated carbocycles. The monoisotopic (exact) mass is 340 g/mol. The number of nitrogens with one attached hydrogen (secondary N) is 4. The van der Waals surface area contributed by atoms with Crippen LogP contribution in [0, 0.1) is 5.92 Å². The van der Waals surface area contributed by atoms with E-state index in [1.54, 1.807) is 0 Å². The molecule has 1 aromatic rings. The third kappa shape index (κ3) is 7.85. The number of amides is 3. The van der Waals surface area contributed by atoms with Crippen LogP contribution in [-0.2, 0) is 4.79 Å². The fourth-order valence-electron chi connectivity index (χ4n) is 2.42. The maximum Gasteiger partial charge on any atom is 0.314 e. The molecule has 0 spiro atoms. The number of piperidine rings is 1. The first kappa shape index (κ1) is 19.3. The molecule has 6 nitrogen and oxygen atoms in total. The van der Waals surface area contributed by atoms with Gasteiger partial charge in [0, 0.05) is 25.2 Å². The summed E-state index contributed by atoms with van der Waals surface area (Å²) >= 11 is 0. The molecule has 23 heavy (non-hydrogen) atoms. The summed E-state index contributed by atoms with van der Waals surface area (Å²) in [5, 5.41) is 11.7. The second-order valence-electron chi connectivity index (χ2n) is 5.49. The highest BCUT2D eigenvalue weighted by molar-refractivity contribution is 5.91. The lowest BCUT2D eigenvalue weighted by molar-refractivity contribution is -0.116. The Kier molecular flexibility index (Phi) is 9.09. The average Bonchev–Trinajstić information content (AvgIpc) is 2.55. The van der Waals surface area contributed by atoms with Crippen molar-refractivity contribution >= 4 is 30.0 Å². The maximum absolute atomic E-state index is 11.7. The highest BCUT2D eigenvalue weighted by Gasteiger charge is 2.13. The van der Waals surface area contributed by atoms with Crippen molar-refractivity contribution in [3.8, 4) is 0 Å². The quantitative estimate of drug-likeness (QED) is 0.636. The van der Waals surface area contributed by atoms with Gasteiger partial charge < -0.3 is 21.3 Å². The first-order valence-electron chi connectivity index (χ1n) is 7.81. The fraction of sp³-hybridized carbons (Fsp3) is 0.500. The number of rotatable bonds is 6. The number of halogens is 1. The Hall–Kier alpha value is -1.79. The maximum atomic E-state index is 11.7. The Morgan fingerprint density at radius 1 is 1.09 bits per heavy atom. The van der Waals surface area contributed by atoms with E-state index in [-0.39, 0.29) is 30.8 Å². The van der Waals surface area contributed by atoms with Gasteiger partial charge in [0.05, 0.1) is 0 Å². The van der Waals surface area contributed by atoms with E-state index in [1.165, 1.54) is 0 Å². The van der Waals surface area contributed by atoms with Crippen LogP contribution in [0.15, 0.2) is 30.3 Å². The molecule has 1 heterocycles. The summed E-state index contributed by atoms with van der Waals surface area (Å²) in [4.78, 5) is 23.4. The zero-order valence-electron chi connectivity index (χ0n) is 13.1. The summed E-state index contributed by atoms with van der Waals surface area (Å²) in [5.74, 6) is 0.443. The summed E-state index contributed by atoms with van der Waals surface area (Å²) in [6.07, 6.45) is 2.45. The fourth-order valence-corrected chi connectivity index (χ4v) is 2.42. The summed E-state index contributed by atoms with van der Waals surface area (Å²) in [6, 6.07) is 9.08. The first-order chi connectivity index (χ1) is 10.7. The number of hydrogen-bond donors (Lipinski definition) is 4. The number of carbonyl (C=O) groups is 2. The van der Waals surface area contributed by atoms with E-state index >= 15 is 0 Å². The molecular weight excluding hydrogens is 316 g/mol. The second-order valence-corrected chi connectivity index (χ2v) is 5.49. The van der Waals surface area contributed by atoms with E-state index in [0.717, 1.165) is 31.6 Å². The molecule has 0 unspecified atom stereocenters. The molecule has 0 bridgehead atoms. The van der Waals surface area contributed by atoms with Crippen molar-refractivity contribution in [1.82, 2.24) is 16.0 Å². The molecule has 1 aliphatic rings. The molecule has 4 N–H and O–H groups in total. The van der Waals surface area contributed by atoms with Gasteiger partial charge in [0.15, 0.2) is 0 Å². The summed E-state index contributed by atoms with van der Waals surface area (Å²) < 4.78 is 0. The number of hydrogen-bond acceptors (Lipinski definition) is 3. The van der Waals surface area contributed by atoms with Gasteiger partial charge in [-0.05, 0) is 44.0 Å². The number of benzene rings is 1. The lowest BCUT2D eigenvalue weighted by Crippen LogP contribution is -2.41. The minimum Gasteiger partial charge on any atom is -0.338 e. The first-order valence-corrected chi connectivity index (χ1v) is 7.81. The summed E-state index contributed by atoms with van der Waals surface area (Å²) in [6.45, 7) is 3.07. The van der Waals surface area contributed by atoms with Gasteiger partial charge in [0.25, 0.3) is 0 Å². The summed E-state index contributed by atoms with van der Waals surface area (Å²) in [5.41, 5.74) is 0.767. The zero-order valence-corrected chi connectivity index (χ0v) is 14.0. The average molecular weight is 341 g/mol. The van der Waals surface area contributed by atoms with Gasteiger partial charge in [0.2, 0.25) is 5.91 Å². The minimum atomic E-state index is -0.203. The van der Waals surface area contributed by atoms with E-state index in [2.05, 4.69) is 21.3 Å². The smallest absolute Gasteiger partial charge is 0.314 e. The molecule has 0 aromatic heterocycles. The lowest BCUT2D eigenvalue weighted by atomic mass is 9.98. The van der Waals surface area contributed by atoms with E-state index in [9.17, 15) is 9.59 Å². The van der Waals surface area contributed by atoms with Crippen molar-refractivity contribution in [3.05, 3.63) is 30.3 Å². The molecular formula is C16H25ClN4O2. The van der Waals surface area contributed by atoms with Crippen LogP contribution in [0.4, 0.5) is 10.5 Å². The SMILES string of the molecule is Cl.O=C(CCNC(=O)NCC1CCNCC1)Nc1ccccc1. The molecule has 0 aliphatic carbocycles. The van der Waals surface area contributed by atoms with Crippen LogP contribution in [0.1, 0.15) is 19.3 Å². The standard InChI is InChI=1S/C16H24N4O2.ClH/c21-15(20-14-4-2-1-3-5-14)8-11-18-16(22)19-12-13-6-9-17-10-7-13;/h1-5,13,17H,6-12H2,(H,20,21)(H2,18,19,22);1H. The molecule has 7 heteroatoms. The Morgan fingerprint density at radius 3 is 2.48 bits per heavy atom. The number of urea groups is 1. The highest BCUT2D eigenvalue weighted by Crippen LogP contribution is 2.09. The van der Waals surface area contributed by atoms with Crippen LogP contribution in [0.25, 0.3) is 0 Å². The Bertz CT molecular complexity index is 478. The van der Waals surface area contributed by atoms with Gasteiger partial charge in [-0.3, -0.25) is 4.79 Å². The van der Waals surface area contributed by atoms with Crippen LogP contribution in [0.3, 0.4) is 0 Å². The number of anilines is 1. The van der Waals surface area contributed by atoms with Gasteiger partial charge in [-0.15, -0.1) is 12.4 Å². The van der Waals surface area contributed by atoms with Crippen molar-refractivity contribution in [2.45, 2.75) is 19.3 Å². The Labute approximate surface area is 143 Å². The minimum absolute atomic E-state index is 0. The Morgan fingerprint density at radius 2 is 1.78 bits per heavy atom. The Balaban J connectivity index is 0.00000264. The van der Waals surface area contributed by atoms with Crippen molar-refractivity contribution in [2.24, 2.45) is 5.92 Å². The number of carbonyl (C=O) groups excluding carboxylic acids is 2. The van der Waals surface area contributed by atoms with E-state index < -0.39 is 0 Å². The summed E-state index contributed by atoms with van der Waals surface area (Å²) in [7, 11) is 0. The van der Waals surface area contributed by atoms with Crippen molar-refractivity contribution in [1.29, 1.82) is 0 Å². The van der Waals surface area contributed by atoms with Crippen molar-refractivity contribution in [3.63, 3.8) is 0 Å². The molecule has 2 rings (SSSR count). The largest absolute Gasteiger partial charge is 0.338 e. The van der Waals surface area contributed by atoms with Crippen LogP contribution < -0.4 is 21.3 Å². The van der Waals surface area contributed by atoms with Gasteiger partial charge in [-0.2, -0.15) is 0 Å². The molecule has 1 aromatic carbocycles. The molecule has 3 amide bonds. The molecule has 1 aliphatic heterocycles. The van der Waals surface area contributed by atoms with Crippen LogP contribution in [0.2, 0.25) is 0 Å². The van der Waals surface area contributed by atoms with E-state index in [0.29, 0.717) is 19.0 Å². The topological polar surface area (TPSA) is 82.3 Å². The molecule has 128 valence electrons. The van der Waals surface area contributed by atoms with Gasteiger partial charge >= 0.3 is 6.03 Å². The second kappa shape index (κ2) is 10.9. The van der Waals surface area contributed by atoms with Gasteiger partial charge in [-0.25, -0.2) is 4.79 Å². The number of para-hydroxylation sites is 1. The normalized spacial score (nSPS) is 14.4. The third-order valence-electron chi connectivity index (χ3n) is 3.71. The zero-order chi connectivity index (χ0) is 15.6. The predicted molar refractivity (Wildman–Crippen MR) is 93.9 cm³/mol.